The third kappa shape index (κ3) is 2.59. The standard InChI is InChI=1S/C22H18O2P/c23-22-21(16-17-24-22)25(18-10-4-1-5-11-18,19-12-6-2-7-13-19)20-14-8-3-9-15-20/h1-16H,17H2/q+1. The maximum absolute atomic E-state index is 12.7. The van der Waals surface area contributed by atoms with Crippen LogP contribution in [0, 0.1) is 0 Å². The lowest BCUT2D eigenvalue weighted by Crippen LogP contribution is -2.33. The Morgan fingerprint density at radius 2 is 1.04 bits per heavy atom. The van der Waals surface area contributed by atoms with Gasteiger partial charge in [0, 0.05) is 6.08 Å². The minimum Gasteiger partial charge on any atom is -0.455 e. The zero-order valence-corrected chi connectivity index (χ0v) is 14.6. The Labute approximate surface area is 148 Å². The predicted molar refractivity (Wildman–Crippen MR) is 104 cm³/mol. The Morgan fingerprint density at radius 1 is 0.640 bits per heavy atom. The van der Waals surface area contributed by atoms with E-state index >= 15 is 0 Å². The fourth-order valence-electron chi connectivity index (χ4n) is 3.45. The SMILES string of the molecule is O=C1OCC=C1[P+](c1ccccc1)(c1ccccc1)c1ccccc1. The average molecular weight is 345 g/mol. The van der Waals surface area contributed by atoms with E-state index in [2.05, 4.69) is 36.4 Å². The maximum Gasteiger partial charge on any atom is 0.375 e. The van der Waals surface area contributed by atoms with Gasteiger partial charge in [-0.15, -0.1) is 0 Å². The van der Waals surface area contributed by atoms with Crippen molar-refractivity contribution < 1.29 is 9.53 Å². The molecule has 3 aromatic carbocycles. The summed E-state index contributed by atoms with van der Waals surface area (Å²) in [6.45, 7) is 0.350. The summed E-state index contributed by atoms with van der Waals surface area (Å²) in [5.74, 6) is -0.204. The molecule has 3 aromatic rings. The highest BCUT2D eigenvalue weighted by molar-refractivity contribution is 7.99. The van der Waals surface area contributed by atoms with Crippen LogP contribution >= 0.6 is 7.26 Å². The van der Waals surface area contributed by atoms with Gasteiger partial charge in [0.2, 0.25) is 0 Å². The normalized spacial score (nSPS) is 14.1. The van der Waals surface area contributed by atoms with E-state index in [4.69, 9.17) is 4.74 Å². The molecule has 122 valence electrons. The van der Waals surface area contributed by atoms with Crippen LogP contribution in [-0.4, -0.2) is 12.6 Å². The molecule has 4 rings (SSSR count). The largest absolute Gasteiger partial charge is 0.455 e. The van der Waals surface area contributed by atoms with E-state index < -0.39 is 7.26 Å². The van der Waals surface area contributed by atoms with Gasteiger partial charge in [0.15, 0.2) is 12.6 Å². The van der Waals surface area contributed by atoms with E-state index in [1.165, 1.54) is 0 Å². The zero-order valence-electron chi connectivity index (χ0n) is 13.7. The number of carbonyl (C=O) groups excluding carboxylic acids is 1. The van der Waals surface area contributed by atoms with Gasteiger partial charge < -0.3 is 4.74 Å². The first-order valence-corrected chi connectivity index (χ1v) is 10.1. The summed E-state index contributed by atoms with van der Waals surface area (Å²) in [7, 11) is -2.27. The third-order valence-corrected chi connectivity index (χ3v) is 8.80. The monoisotopic (exact) mass is 345 g/mol. The fourth-order valence-corrected chi connectivity index (χ4v) is 7.72. The topological polar surface area (TPSA) is 26.3 Å². The molecule has 0 spiro atoms. The van der Waals surface area contributed by atoms with Gasteiger partial charge in [0.05, 0.1) is 0 Å². The van der Waals surface area contributed by atoms with Crippen molar-refractivity contribution in [3.05, 3.63) is 102 Å². The number of ether oxygens (including phenoxy) is 1. The van der Waals surface area contributed by atoms with Crippen molar-refractivity contribution in [2.24, 2.45) is 0 Å². The van der Waals surface area contributed by atoms with Gasteiger partial charge in [-0.1, -0.05) is 54.6 Å². The number of hydrogen-bond donors (Lipinski definition) is 0. The number of carbonyl (C=O) groups is 1. The molecular weight excluding hydrogens is 327 g/mol. The van der Waals surface area contributed by atoms with Crippen LogP contribution in [0.2, 0.25) is 0 Å². The van der Waals surface area contributed by atoms with Crippen LogP contribution < -0.4 is 15.9 Å². The van der Waals surface area contributed by atoms with Crippen molar-refractivity contribution >= 4 is 29.1 Å². The van der Waals surface area contributed by atoms with Crippen molar-refractivity contribution in [2.75, 3.05) is 6.61 Å². The van der Waals surface area contributed by atoms with Crippen LogP contribution in [0.3, 0.4) is 0 Å². The van der Waals surface area contributed by atoms with E-state index in [1.54, 1.807) is 0 Å². The van der Waals surface area contributed by atoms with E-state index in [9.17, 15) is 4.79 Å². The van der Waals surface area contributed by atoms with Crippen LogP contribution in [-0.2, 0) is 9.53 Å². The molecule has 0 aromatic heterocycles. The first-order chi connectivity index (χ1) is 12.3. The first-order valence-electron chi connectivity index (χ1n) is 8.27. The van der Waals surface area contributed by atoms with Crippen molar-refractivity contribution in [3.8, 4) is 0 Å². The highest BCUT2D eigenvalue weighted by Crippen LogP contribution is 2.63. The van der Waals surface area contributed by atoms with Crippen molar-refractivity contribution in [1.29, 1.82) is 0 Å². The number of benzene rings is 3. The molecule has 0 fully saturated rings. The highest BCUT2D eigenvalue weighted by Gasteiger charge is 2.54. The molecule has 0 bridgehead atoms. The van der Waals surface area contributed by atoms with Crippen molar-refractivity contribution in [3.63, 3.8) is 0 Å². The molecule has 0 amide bonds. The summed E-state index contributed by atoms with van der Waals surface area (Å²) in [5, 5.41) is 4.28. The van der Waals surface area contributed by atoms with Crippen molar-refractivity contribution in [2.45, 2.75) is 0 Å². The molecule has 25 heavy (non-hydrogen) atoms. The molecule has 0 unspecified atom stereocenters. The Kier molecular flexibility index (Phi) is 4.21. The highest BCUT2D eigenvalue weighted by atomic mass is 31.2. The zero-order chi connectivity index (χ0) is 17.1. The summed E-state index contributed by atoms with van der Waals surface area (Å²) in [5.41, 5.74) is 0. The Balaban J connectivity index is 2.11. The predicted octanol–water partition coefficient (Wildman–Crippen LogP) is 3.42. The Bertz CT molecular complexity index is 806. The summed E-state index contributed by atoms with van der Waals surface area (Å²) < 4.78 is 5.33. The molecule has 0 radical (unpaired) electrons. The average Bonchev–Trinajstić information content (AvgIpc) is 3.12. The lowest BCUT2D eigenvalue weighted by atomic mass is 10.3. The molecule has 1 aliphatic rings. The van der Waals surface area contributed by atoms with Crippen LogP contribution in [0.25, 0.3) is 0 Å². The quantitative estimate of drug-likeness (QED) is 0.535. The van der Waals surface area contributed by atoms with Crippen LogP contribution in [0.4, 0.5) is 0 Å². The van der Waals surface area contributed by atoms with Gasteiger partial charge in [-0.25, -0.2) is 4.79 Å². The van der Waals surface area contributed by atoms with Gasteiger partial charge in [0.1, 0.15) is 22.5 Å². The van der Waals surface area contributed by atoms with Gasteiger partial charge >= 0.3 is 5.97 Å². The maximum atomic E-state index is 12.7. The summed E-state index contributed by atoms with van der Waals surface area (Å²) >= 11 is 0. The first kappa shape index (κ1) is 15.8. The lowest BCUT2D eigenvalue weighted by molar-refractivity contribution is -0.135. The molecular formula is C22H18O2P+. The second kappa shape index (κ2) is 6.66. The number of cyclic esters (lactones) is 1. The lowest BCUT2D eigenvalue weighted by Gasteiger charge is -2.26. The molecule has 0 aliphatic carbocycles. The second-order valence-corrected chi connectivity index (χ2v) is 9.24. The third-order valence-electron chi connectivity index (χ3n) is 4.49. The van der Waals surface area contributed by atoms with E-state index in [0.29, 0.717) is 6.61 Å². The van der Waals surface area contributed by atoms with E-state index in [-0.39, 0.29) is 5.97 Å². The number of esters is 1. The van der Waals surface area contributed by atoms with Gasteiger partial charge in [0.25, 0.3) is 0 Å². The number of rotatable bonds is 4. The second-order valence-electron chi connectivity index (χ2n) is 5.87. The molecule has 0 saturated carbocycles. The molecule has 0 saturated heterocycles. The van der Waals surface area contributed by atoms with E-state index in [1.807, 2.05) is 60.7 Å². The Morgan fingerprint density at radius 3 is 1.36 bits per heavy atom. The molecule has 1 aliphatic heterocycles. The van der Waals surface area contributed by atoms with Gasteiger partial charge in [-0.2, -0.15) is 0 Å². The summed E-state index contributed by atoms with van der Waals surface area (Å²) in [6, 6.07) is 31.0. The van der Waals surface area contributed by atoms with Crippen LogP contribution in [0.15, 0.2) is 102 Å². The molecule has 2 nitrogen and oxygen atoms in total. The minimum absolute atomic E-state index is 0.204. The van der Waals surface area contributed by atoms with E-state index in [0.717, 1.165) is 21.2 Å². The molecule has 3 heteroatoms. The summed E-state index contributed by atoms with van der Waals surface area (Å²) in [4.78, 5) is 12.7. The molecule has 0 atom stereocenters. The summed E-state index contributed by atoms with van der Waals surface area (Å²) in [6.07, 6.45) is 1.96. The molecule has 0 N–H and O–H groups in total. The molecule has 1 heterocycles. The van der Waals surface area contributed by atoms with Crippen molar-refractivity contribution in [1.82, 2.24) is 0 Å². The fraction of sp³-hybridized carbons (Fsp3) is 0.0455. The number of hydrogen-bond acceptors (Lipinski definition) is 2. The minimum atomic E-state index is -2.27. The van der Waals surface area contributed by atoms with Crippen LogP contribution in [0.1, 0.15) is 0 Å². The smallest absolute Gasteiger partial charge is 0.375 e. The van der Waals surface area contributed by atoms with Gasteiger partial charge in [-0.05, 0) is 36.4 Å². The Hall–Kier alpha value is -2.70. The van der Waals surface area contributed by atoms with Gasteiger partial charge in [-0.3, -0.25) is 0 Å². The van der Waals surface area contributed by atoms with Crippen LogP contribution in [0.5, 0.6) is 0 Å².